The minimum Gasteiger partial charge on any atom is -0.486 e. The van der Waals surface area contributed by atoms with E-state index in [1.807, 2.05) is 23.0 Å². The molecule has 2 aliphatic rings. The first-order chi connectivity index (χ1) is 12.2. The lowest BCUT2D eigenvalue weighted by Crippen LogP contribution is -2.38. The highest BCUT2D eigenvalue weighted by atomic mass is 16.6. The van der Waals surface area contributed by atoms with E-state index in [1.165, 1.54) is 5.56 Å². The van der Waals surface area contributed by atoms with E-state index in [0.717, 1.165) is 37.0 Å². The van der Waals surface area contributed by atoms with Gasteiger partial charge in [0.05, 0.1) is 6.20 Å². The first-order valence-corrected chi connectivity index (χ1v) is 9.09. The number of benzene rings is 1. The fourth-order valence-electron chi connectivity index (χ4n) is 3.61. The summed E-state index contributed by atoms with van der Waals surface area (Å²) in [5.41, 5.74) is 1.25. The van der Waals surface area contributed by atoms with Gasteiger partial charge in [-0.15, -0.1) is 0 Å². The highest BCUT2D eigenvalue weighted by molar-refractivity contribution is 5.44. The third kappa shape index (κ3) is 3.44. The van der Waals surface area contributed by atoms with Crippen molar-refractivity contribution in [3.63, 3.8) is 0 Å². The summed E-state index contributed by atoms with van der Waals surface area (Å²) in [6, 6.07) is 8.61. The van der Waals surface area contributed by atoms with Crippen LogP contribution in [-0.2, 0) is 6.54 Å². The molecule has 134 valence electrons. The molecule has 1 aromatic carbocycles. The number of hydrogen-bond acceptors (Lipinski definition) is 5. The number of nitrogens with one attached hydrogen (secondary N) is 2. The Balaban J connectivity index is 1.43. The Labute approximate surface area is 148 Å². The molecule has 4 rings (SSSR count). The summed E-state index contributed by atoms with van der Waals surface area (Å²) in [5.74, 6) is 3.82. The van der Waals surface area contributed by atoms with Gasteiger partial charge in [0.25, 0.3) is 0 Å². The van der Waals surface area contributed by atoms with Gasteiger partial charge in [0, 0.05) is 37.7 Å². The van der Waals surface area contributed by atoms with Crippen LogP contribution in [0.15, 0.2) is 30.5 Å². The van der Waals surface area contributed by atoms with Gasteiger partial charge < -0.3 is 20.1 Å². The Hall–Kier alpha value is -2.21. The Morgan fingerprint density at radius 2 is 2.08 bits per heavy atom. The van der Waals surface area contributed by atoms with E-state index in [4.69, 9.17) is 9.47 Å². The molecule has 3 heterocycles. The fraction of sp³-hybridized carbons (Fsp3) is 0.526. The van der Waals surface area contributed by atoms with Gasteiger partial charge in [0.1, 0.15) is 19.0 Å². The summed E-state index contributed by atoms with van der Waals surface area (Å²) >= 11 is 0. The quantitative estimate of drug-likeness (QED) is 0.875. The van der Waals surface area contributed by atoms with Crippen LogP contribution in [0.2, 0.25) is 0 Å². The number of rotatable bonds is 5. The molecular formula is C19H26N4O2. The first-order valence-electron chi connectivity index (χ1n) is 9.09. The number of fused-ring (bicyclic) bond motifs is 2. The van der Waals surface area contributed by atoms with E-state index in [1.54, 1.807) is 0 Å². The smallest absolute Gasteiger partial charge is 0.161 e. The summed E-state index contributed by atoms with van der Waals surface area (Å²) in [6.45, 7) is 8.62. The summed E-state index contributed by atoms with van der Waals surface area (Å²) in [6.07, 6.45) is 1.85. The molecule has 0 unspecified atom stereocenters. The number of hydrogen-bond donors (Lipinski definition) is 2. The molecule has 2 aliphatic heterocycles. The van der Waals surface area contributed by atoms with Gasteiger partial charge in [0.2, 0.25) is 0 Å². The number of aromatic nitrogens is 2. The van der Waals surface area contributed by atoms with Gasteiger partial charge in [0.15, 0.2) is 11.5 Å². The van der Waals surface area contributed by atoms with Gasteiger partial charge in [-0.1, -0.05) is 19.9 Å². The van der Waals surface area contributed by atoms with Gasteiger partial charge in [-0.3, -0.25) is 0 Å². The molecule has 2 atom stereocenters. The molecule has 1 aromatic heterocycles. The Morgan fingerprint density at radius 3 is 2.92 bits per heavy atom. The highest BCUT2D eigenvalue weighted by Gasteiger charge is 2.23. The molecule has 25 heavy (non-hydrogen) atoms. The largest absolute Gasteiger partial charge is 0.486 e. The topological polar surface area (TPSA) is 60.3 Å². The molecule has 0 bridgehead atoms. The zero-order chi connectivity index (χ0) is 17.2. The van der Waals surface area contributed by atoms with Crippen molar-refractivity contribution in [1.29, 1.82) is 0 Å². The summed E-state index contributed by atoms with van der Waals surface area (Å²) in [7, 11) is 0. The zero-order valence-electron chi connectivity index (χ0n) is 14.9. The van der Waals surface area contributed by atoms with E-state index in [9.17, 15) is 0 Å². The molecule has 6 heteroatoms. The number of ether oxygens (including phenoxy) is 2. The SMILES string of the molecule is CC(C)[C@@H](NC[C@H]1CNc2ccnn2C1)c1ccc2c(c1)OCCO2. The first kappa shape index (κ1) is 16.3. The average molecular weight is 342 g/mol. The second-order valence-corrected chi connectivity index (χ2v) is 7.18. The lowest BCUT2D eigenvalue weighted by atomic mass is 9.94. The minimum atomic E-state index is 0.287. The third-order valence-electron chi connectivity index (χ3n) is 4.94. The fourth-order valence-corrected chi connectivity index (χ4v) is 3.61. The molecule has 2 N–H and O–H groups in total. The van der Waals surface area contributed by atoms with Crippen LogP contribution >= 0.6 is 0 Å². The molecule has 0 saturated heterocycles. The van der Waals surface area contributed by atoms with Crippen LogP contribution < -0.4 is 20.1 Å². The van der Waals surface area contributed by atoms with Gasteiger partial charge in [-0.2, -0.15) is 5.10 Å². The molecule has 0 amide bonds. The zero-order valence-corrected chi connectivity index (χ0v) is 14.9. The van der Waals surface area contributed by atoms with E-state index in [0.29, 0.717) is 25.0 Å². The maximum absolute atomic E-state index is 5.74. The Morgan fingerprint density at radius 1 is 1.24 bits per heavy atom. The van der Waals surface area contributed by atoms with Crippen LogP contribution in [0.1, 0.15) is 25.5 Å². The summed E-state index contributed by atoms with van der Waals surface area (Å²) < 4.78 is 13.4. The van der Waals surface area contributed by atoms with Crippen molar-refractivity contribution in [2.75, 3.05) is 31.6 Å². The lowest BCUT2D eigenvalue weighted by molar-refractivity contribution is 0.171. The predicted molar refractivity (Wildman–Crippen MR) is 97.2 cm³/mol. The van der Waals surface area contributed by atoms with Crippen LogP contribution in [0.5, 0.6) is 11.5 Å². The molecule has 0 radical (unpaired) electrons. The molecule has 6 nitrogen and oxygen atoms in total. The second kappa shape index (κ2) is 6.96. The third-order valence-corrected chi connectivity index (χ3v) is 4.94. The van der Waals surface area contributed by atoms with Crippen LogP contribution in [-0.4, -0.2) is 36.1 Å². The van der Waals surface area contributed by atoms with Crippen LogP contribution in [0.4, 0.5) is 5.82 Å². The van der Waals surface area contributed by atoms with Crippen molar-refractivity contribution in [2.45, 2.75) is 26.4 Å². The number of anilines is 1. The maximum Gasteiger partial charge on any atom is 0.161 e. The second-order valence-electron chi connectivity index (χ2n) is 7.18. The normalized spacial score (nSPS) is 20.0. The van der Waals surface area contributed by atoms with Crippen LogP contribution in [0.25, 0.3) is 0 Å². The molecule has 0 aliphatic carbocycles. The molecular weight excluding hydrogens is 316 g/mol. The van der Waals surface area contributed by atoms with Gasteiger partial charge in [-0.25, -0.2) is 4.68 Å². The van der Waals surface area contributed by atoms with Crippen molar-refractivity contribution in [3.05, 3.63) is 36.0 Å². The van der Waals surface area contributed by atoms with Crippen molar-refractivity contribution in [2.24, 2.45) is 11.8 Å². The van der Waals surface area contributed by atoms with Gasteiger partial charge >= 0.3 is 0 Å². The van der Waals surface area contributed by atoms with Crippen LogP contribution in [0, 0.1) is 11.8 Å². The van der Waals surface area contributed by atoms with E-state index in [2.05, 4.69) is 41.7 Å². The summed E-state index contributed by atoms with van der Waals surface area (Å²) in [4.78, 5) is 0. The van der Waals surface area contributed by atoms with Crippen LogP contribution in [0.3, 0.4) is 0 Å². The van der Waals surface area contributed by atoms with Crippen molar-refractivity contribution < 1.29 is 9.47 Å². The Kier molecular flexibility index (Phi) is 4.53. The van der Waals surface area contributed by atoms with E-state index >= 15 is 0 Å². The number of nitrogens with zero attached hydrogens (tertiary/aromatic N) is 2. The highest BCUT2D eigenvalue weighted by Crippen LogP contribution is 2.34. The van der Waals surface area contributed by atoms with Crippen molar-refractivity contribution in [3.8, 4) is 11.5 Å². The summed E-state index contributed by atoms with van der Waals surface area (Å²) in [5, 5.41) is 11.6. The molecule has 0 saturated carbocycles. The predicted octanol–water partition coefficient (Wildman–Crippen LogP) is 2.68. The standard InChI is InChI=1S/C19H26N4O2/c1-13(2)19(15-3-4-16-17(9-15)25-8-7-24-16)21-11-14-10-20-18-5-6-22-23(18)12-14/h3-6,9,13-14,19-21H,7-8,10-12H2,1-2H3/t14-,19-/m1/s1. The average Bonchev–Trinajstić information content (AvgIpc) is 3.09. The van der Waals surface area contributed by atoms with Crippen molar-refractivity contribution in [1.82, 2.24) is 15.1 Å². The van der Waals surface area contributed by atoms with Gasteiger partial charge in [-0.05, 0) is 23.6 Å². The lowest BCUT2D eigenvalue weighted by Gasteiger charge is -2.30. The monoisotopic (exact) mass is 342 g/mol. The Bertz CT molecular complexity index is 728. The van der Waals surface area contributed by atoms with E-state index < -0.39 is 0 Å². The molecule has 0 fully saturated rings. The van der Waals surface area contributed by atoms with E-state index in [-0.39, 0.29) is 6.04 Å². The maximum atomic E-state index is 5.74. The molecule has 0 spiro atoms. The van der Waals surface area contributed by atoms with Crippen molar-refractivity contribution >= 4 is 5.82 Å². The minimum absolute atomic E-state index is 0.287. The molecule has 2 aromatic rings.